The number of primary amides is 1. The largest absolute Gasteiger partial charge is 0.497 e. The van der Waals surface area contributed by atoms with Gasteiger partial charge in [0.2, 0.25) is 5.91 Å². The predicted octanol–water partition coefficient (Wildman–Crippen LogP) is 0.410. The van der Waals surface area contributed by atoms with Crippen LogP contribution >= 0.6 is 0 Å². The summed E-state index contributed by atoms with van der Waals surface area (Å²) in [4.78, 5) is 25.7. The number of hydrogen-bond donors (Lipinski definition) is 4. The molecule has 152 valence electrons. The summed E-state index contributed by atoms with van der Waals surface area (Å²) in [5, 5.41) is 25.2. The molecular weight excluding hydrogens is 362 g/mol. The van der Waals surface area contributed by atoms with Gasteiger partial charge < -0.3 is 20.7 Å². The maximum Gasteiger partial charge on any atom is 0.318 e. The number of nitrogens with two attached hydrogens (primary N) is 1. The molecule has 1 saturated heterocycles. The van der Waals surface area contributed by atoms with Crippen LogP contribution < -0.4 is 15.8 Å². The number of likely N-dealkylation sites (tertiary alicyclic amines) is 1. The number of aliphatic hydroxyl groups excluding tert-OH is 1. The zero-order valence-electron chi connectivity index (χ0n) is 16.1. The van der Waals surface area contributed by atoms with Crippen LogP contribution in [0.2, 0.25) is 0 Å². The number of rotatable bonds is 2. The van der Waals surface area contributed by atoms with E-state index >= 15 is 0 Å². The van der Waals surface area contributed by atoms with Crippen LogP contribution in [0, 0.1) is 5.92 Å². The number of nitrogens with zero attached hydrogens (tertiary/aromatic N) is 1. The van der Waals surface area contributed by atoms with E-state index in [4.69, 9.17) is 10.5 Å². The first-order valence-corrected chi connectivity index (χ1v) is 9.63. The molecule has 3 amide bonds. The van der Waals surface area contributed by atoms with E-state index in [1.54, 1.807) is 13.2 Å². The van der Waals surface area contributed by atoms with Gasteiger partial charge in [-0.3, -0.25) is 15.0 Å². The molecule has 5 unspecified atom stereocenters. The molecule has 2 fully saturated rings. The highest BCUT2D eigenvalue weighted by Gasteiger charge is 2.67. The maximum absolute atomic E-state index is 12.5. The molecule has 1 aromatic rings. The highest BCUT2D eigenvalue weighted by molar-refractivity contribution is 5.94. The van der Waals surface area contributed by atoms with Gasteiger partial charge in [0.1, 0.15) is 5.75 Å². The number of amides is 3. The lowest BCUT2D eigenvalue weighted by atomic mass is 9.47. The number of nitrogens with one attached hydrogen (secondary N) is 1. The Morgan fingerprint density at radius 2 is 2.11 bits per heavy atom. The molecule has 0 aromatic heterocycles. The lowest BCUT2D eigenvalue weighted by Gasteiger charge is -2.65. The first kappa shape index (κ1) is 19.2. The standard InChI is InChI=1S/C20H27N3O5/c1-23-8-7-19-10-11(17(25)22-18(21)26)5-6-20(19,27)16(23)15(24)13-4-3-12(28-2)9-14(13)19/h3-4,9,11,15-16,24,27H,5-8,10H2,1-2H3,(H3,21,22,25,26). The lowest BCUT2D eigenvalue weighted by molar-refractivity contribution is -0.199. The summed E-state index contributed by atoms with van der Waals surface area (Å²) in [7, 11) is 3.49. The summed E-state index contributed by atoms with van der Waals surface area (Å²) in [5.41, 5.74) is 4.85. The molecule has 1 aromatic carbocycles. The van der Waals surface area contributed by atoms with Crippen molar-refractivity contribution >= 4 is 11.9 Å². The molecule has 5 atom stereocenters. The number of urea groups is 1. The van der Waals surface area contributed by atoms with Crippen LogP contribution in [0.4, 0.5) is 4.79 Å². The second-order valence-corrected chi connectivity index (χ2v) is 8.37. The van der Waals surface area contributed by atoms with Crippen molar-refractivity contribution in [1.29, 1.82) is 0 Å². The van der Waals surface area contributed by atoms with E-state index in [1.807, 2.05) is 24.1 Å². The van der Waals surface area contributed by atoms with Crippen molar-refractivity contribution in [3.05, 3.63) is 29.3 Å². The Hall–Kier alpha value is -2.16. The third kappa shape index (κ3) is 2.48. The monoisotopic (exact) mass is 389 g/mol. The van der Waals surface area contributed by atoms with Gasteiger partial charge in [-0.15, -0.1) is 0 Å². The second-order valence-electron chi connectivity index (χ2n) is 8.37. The first-order valence-electron chi connectivity index (χ1n) is 9.63. The summed E-state index contributed by atoms with van der Waals surface area (Å²) in [6.45, 7) is 0.685. The van der Waals surface area contributed by atoms with Crippen molar-refractivity contribution < 1.29 is 24.5 Å². The molecule has 3 aliphatic rings. The molecule has 0 spiro atoms. The van der Waals surface area contributed by atoms with Crippen molar-refractivity contribution in [3.8, 4) is 5.75 Å². The summed E-state index contributed by atoms with van der Waals surface area (Å²) < 4.78 is 5.40. The summed E-state index contributed by atoms with van der Waals surface area (Å²) >= 11 is 0. The molecule has 2 aliphatic carbocycles. The van der Waals surface area contributed by atoms with Gasteiger partial charge in [0, 0.05) is 11.3 Å². The Morgan fingerprint density at radius 1 is 1.36 bits per heavy atom. The molecule has 28 heavy (non-hydrogen) atoms. The van der Waals surface area contributed by atoms with E-state index in [-0.39, 0.29) is 0 Å². The zero-order valence-corrected chi connectivity index (χ0v) is 16.1. The van der Waals surface area contributed by atoms with Crippen molar-refractivity contribution in [1.82, 2.24) is 10.2 Å². The molecule has 1 aliphatic heterocycles. The van der Waals surface area contributed by atoms with Gasteiger partial charge in [-0.1, -0.05) is 6.07 Å². The topological polar surface area (TPSA) is 125 Å². The quantitative estimate of drug-likeness (QED) is 0.581. The predicted molar refractivity (Wildman–Crippen MR) is 101 cm³/mol. The van der Waals surface area contributed by atoms with Gasteiger partial charge in [-0.2, -0.15) is 0 Å². The number of benzene rings is 1. The van der Waals surface area contributed by atoms with E-state index in [1.165, 1.54) is 0 Å². The number of likely N-dealkylation sites (N-methyl/N-ethyl adjacent to an activating group) is 1. The summed E-state index contributed by atoms with van der Waals surface area (Å²) in [5.74, 6) is -0.204. The van der Waals surface area contributed by atoms with Crippen molar-refractivity contribution in [2.24, 2.45) is 11.7 Å². The van der Waals surface area contributed by atoms with Crippen LogP contribution in [0.25, 0.3) is 0 Å². The van der Waals surface area contributed by atoms with E-state index in [0.717, 1.165) is 11.1 Å². The molecule has 8 heteroatoms. The van der Waals surface area contributed by atoms with Crippen molar-refractivity contribution in [2.45, 2.75) is 48.8 Å². The third-order valence-electron chi connectivity index (χ3n) is 7.16. The van der Waals surface area contributed by atoms with E-state index < -0.39 is 41.0 Å². The van der Waals surface area contributed by atoms with Crippen molar-refractivity contribution in [3.63, 3.8) is 0 Å². The Labute approximate surface area is 163 Å². The van der Waals surface area contributed by atoms with E-state index in [9.17, 15) is 19.8 Å². The molecule has 4 rings (SSSR count). The average molecular weight is 389 g/mol. The molecule has 8 nitrogen and oxygen atoms in total. The Morgan fingerprint density at radius 3 is 2.79 bits per heavy atom. The van der Waals surface area contributed by atoms with E-state index in [2.05, 4.69) is 5.32 Å². The van der Waals surface area contributed by atoms with E-state index in [0.29, 0.717) is 38.0 Å². The molecular formula is C20H27N3O5. The van der Waals surface area contributed by atoms with Gasteiger partial charge in [0.25, 0.3) is 0 Å². The average Bonchev–Trinajstić information content (AvgIpc) is 2.65. The molecule has 5 N–H and O–H groups in total. The number of piperidine rings is 1. The van der Waals surface area contributed by atoms with Crippen LogP contribution in [-0.2, 0) is 10.2 Å². The summed E-state index contributed by atoms with van der Waals surface area (Å²) in [6, 6.07) is 4.20. The SMILES string of the molecule is COc1ccc2c(c1)C13CCN(C)C(C2O)C1(O)CCC(C(=O)NC(N)=O)C3. The third-order valence-corrected chi connectivity index (χ3v) is 7.16. The minimum atomic E-state index is -1.18. The van der Waals surface area contributed by atoms with Crippen LogP contribution in [-0.4, -0.2) is 59.4 Å². The number of hydrogen-bond acceptors (Lipinski definition) is 6. The number of aliphatic hydroxyl groups is 2. The van der Waals surface area contributed by atoms with Crippen LogP contribution in [0.1, 0.15) is 42.9 Å². The zero-order chi connectivity index (χ0) is 20.3. The van der Waals surface area contributed by atoms with Crippen LogP contribution in [0.5, 0.6) is 5.75 Å². The number of methoxy groups -OCH3 is 1. The fourth-order valence-electron chi connectivity index (χ4n) is 5.89. The Kier molecular flexibility index (Phi) is 4.41. The molecule has 1 heterocycles. The molecule has 2 bridgehead atoms. The van der Waals surface area contributed by atoms with Gasteiger partial charge >= 0.3 is 6.03 Å². The van der Waals surface area contributed by atoms with Crippen LogP contribution in [0.3, 0.4) is 0 Å². The normalized spacial score (nSPS) is 36.8. The highest BCUT2D eigenvalue weighted by Crippen LogP contribution is 2.61. The van der Waals surface area contributed by atoms with Gasteiger partial charge in [-0.25, -0.2) is 4.79 Å². The summed E-state index contributed by atoms with van der Waals surface area (Å²) in [6.07, 6.45) is 0.976. The second kappa shape index (κ2) is 6.43. The van der Waals surface area contributed by atoms with Crippen molar-refractivity contribution in [2.75, 3.05) is 20.7 Å². The number of imide groups is 1. The van der Waals surface area contributed by atoms with Gasteiger partial charge in [-0.05, 0) is 62.5 Å². The Balaban J connectivity index is 1.85. The number of ether oxygens (including phenoxy) is 1. The van der Waals surface area contributed by atoms with Gasteiger partial charge in [0.05, 0.1) is 24.9 Å². The first-order chi connectivity index (χ1) is 13.2. The Bertz CT molecular complexity index is 830. The minimum absolute atomic E-state index is 0.354. The van der Waals surface area contributed by atoms with Crippen LogP contribution in [0.15, 0.2) is 18.2 Å². The molecule has 0 radical (unpaired) electrons. The number of fused-ring (bicyclic) bond motifs is 1. The lowest BCUT2D eigenvalue weighted by Crippen LogP contribution is -2.74. The fraction of sp³-hybridized carbons (Fsp3) is 0.600. The van der Waals surface area contributed by atoms with Gasteiger partial charge in [0.15, 0.2) is 0 Å². The fourth-order valence-corrected chi connectivity index (χ4v) is 5.89. The molecule has 1 saturated carbocycles. The highest BCUT2D eigenvalue weighted by atomic mass is 16.5. The smallest absolute Gasteiger partial charge is 0.318 e. The number of carbonyl (C=O) groups excluding carboxylic acids is 2. The number of carbonyl (C=O) groups is 2. The minimum Gasteiger partial charge on any atom is -0.497 e. The maximum atomic E-state index is 12.5.